The normalized spacial score (nSPS) is 22.7. The highest BCUT2D eigenvalue weighted by molar-refractivity contribution is 6.17. The van der Waals surface area contributed by atoms with E-state index in [2.05, 4.69) is 0 Å². The Labute approximate surface area is 130 Å². The van der Waals surface area contributed by atoms with Gasteiger partial charge < -0.3 is 19.3 Å². The molecule has 1 aliphatic heterocycles. The Morgan fingerprint density at radius 3 is 1.90 bits per heavy atom. The minimum Gasteiger partial charge on any atom is -0.346 e. The van der Waals surface area contributed by atoms with Gasteiger partial charge in [0.15, 0.2) is 18.5 Å². The molecule has 0 aromatic carbocycles. The third-order valence-corrected chi connectivity index (χ3v) is 3.27. The molecule has 6 nitrogen and oxygen atoms in total. The summed E-state index contributed by atoms with van der Waals surface area (Å²) >= 11 is 5.60. The van der Waals surface area contributed by atoms with Crippen LogP contribution in [0.5, 0.6) is 0 Å². The van der Waals surface area contributed by atoms with Crippen molar-refractivity contribution >= 4 is 23.4 Å². The lowest BCUT2D eigenvalue weighted by Crippen LogP contribution is -2.47. The van der Waals surface area contributed by atoms with Crippen molar-refractivity contribution in [1.82, 2.24) is 9.80 Å². The molecule has 0 bridgehead atoms. The van der Waals surface area contributed by atoms with Crippen LogP contribution in [0.25, 0.3) is 0 Å². The number of alkyl halides is 1. The molecular formula is C14H23ClN2O4. The van der Waals surface area contributed by atoms with Crippen LogP contribution in [0.1, 0.15) is 12.8 Å². The van der Waals surface area contributed by atoms with Crippen LogP contribution in [0.3, 0.4) is 0 Å². The summed E-state index contributed by atoms with van der Waals surface area (Å²) in [7, 11) is 6.47. The second kappa shape index (κ2) is 8.36. The van der Waals surface area contributed by atoms with Gasteiger partial charge in [0.05, 0.1) is 0 Å². The summed E-state index contributed by atoms with van der Waals surface area (Å²) in [6.07, 6.45) is 2.72. The van der Waals surface area contributed by atoms with E-state index < -0.39 is 18.5 Å². The van der Waals surface area contributed by atoms with Gasteiger partial charge in [0.2, 0.25) is 0 Å². The third-order valence-electron chi connectivity index (χ3n) is 3.00. The summed E-state index contributed by atoms with van der Waals surface area (Å²) in [5.74, 6) is 0.0129. The molecule has 0 N–H and O–H groups in total. The molecule has 0 radical (unpaired) electrons. The zero-order valence-electron chi connectivity index (χ0n) is 12.9. The molecule has 2 amide bonds. The van der Waals surface area contributed by atoms with Crippen molar-refractivity contribution in [3.05, 3.63) is 12.2 Å². The summed E-state index contributed by atoms with van der Waals surface area (Å²) in [5, 5.41) is 0. The van der Waals surface area contributed by atoms with Gasteiger partial charge in [0, 0.05) is 34.1 Å². The predicted molar refractivity (Wildman–Crippen MR) is 80.0 cm³/mol. The molecule has 1 heterocycles. The molecule has 7 heteroatoms. The molecule has 1 aliphatic rings. The Balaban J connectivity index is 2.76. The first-order valence-electron chi connectivity index (χ1n) is 6.84. The van der Waals surface area contributed by atoms with Gasteiger partial charge in [-0.3, -0.25) is 9.59 Å². The average Bonchev–Trinajstić information content (AvgIpc) is 2.85. The first-order chi connectivity index (χ1) is 9.88. The Morgan fingerprint density at radius 1 is 1.05 bits per heavy atom. The molecule has 0 aromatic heterocycles. The van der Waals surface area contributed by atoms with E-state index in [-0.39, 0.29) is 11.8 Å². The van der Waals surface area contributed by atoms with E-state index in [0.29, 0.717) is 5.88 Å². The number of rotatable bonds is 6. The summed E-state index contributed by atoms with van der Waals surface area (Å²) in [5.41, 5.74) is 0. The maximum atomic E-state index is 12.1. The number of carbonyl (C=O) groups excluding carboxylic acids is 2. The highest BCUT2D eigenvalue weighted by Gasteiger charge is 2.45. The van der Waals surface area contributed by atoms with E-state index in [4.69, 9.17) is 21.1 Å². The highest BCUT2D eigenvalue weighted by atomic mass is 35.5. The number of nitrogens with zero attached hydrogens (tertiary/aromatic N) is 2. The third kappa shape index (κ3) is 4.98. The zero-order chi connectivity index (χ0) is 16.0. The number of halogens is 1. The van der Waals surface area contributed by atoms with Gasteiger partial charge in [0.25, 0.3) is 11.8 Å². The van der Waals surface area contributed by atoms with Gasteiger partial charge in [-0.15, -0.1) is 11.6 Å². The van der Waals surface area contributed by atoms with Gasteiger partial charge >= 0.3 is 0 Å². The lowest BCUT2D eigenvalue weighted by Gasteiger charge is -2.21. The van der Waals surface area contributed by atoms with E-state index in [9.17, 15) is 9.59 Å². The fourth-order valence-corrected chi connectivity index (χ4v) is 2.00. The smallest absolute Gasteiger partial charge is 0.254 e. The van der Waals surface area contributed by atoms with Crippen molar-refractivity contribution in [2.45, 2.75) is 31.3 Å². The Morgan fingerprint density at radius 2 is 1.52 bits per heavy atom. The van der Waals surface area contributed by atoms with Crippen LogP contribution in [-0.2, 0) is 19.1 Å². The Hall–Kier alpha value is -1.11. The molecule has 0 aromatic rings. The van der Waals surface area contributed by atoms with Crippen molar-refractivity contribution < 1.29 is 19.1 Å². The van der Waals surface area contributed by atoms with Gasteiger partial charge in [-0.05, 0) is 18.9 Å². The molecule has 0 spiro atoms. The summed E-state index contributed by atoms with van der Waals surface area (Å²) in [4.78, 5) is 27.0. The summed E-state index contributed by atoms with van der Waals surface area (Å²) in [6, 6.07) is 0. The quantitative estimate of drug-likeness (QED) is 0.414. The fraction of sp³-hybridized carbons (Fsp3) is 0.714. The highest BCUT2D eigenvalue weighted by Crippen LogP contribution is 2.23. The summed E-state index contributed by atoms with van der Waals surface area (Å²) in [6.45, 7) is 0. The number of hydrogen-bond acceptors (Lipinski definition) is 4. The van der Waals surface area contributed by atoms with Crippen LogP contribution in [0.4, 0.5) is 0 Å². The van der Waals surface area contributed by atoms with Crippen molar-refractivity contribution in [2.75, 3.05) is 34.1 Å². The fourth-order valence-electron chi connectivity index (χ4n) is 1.84. The van der Waals surface area contributed by atoms with Gasteiger partial charge in [-0.1, -0.05) is 6.08 Å². The van der Waals surface area contributed by atoms with Crippen LogP contribution >= 0.6 is 11.6 Å². The second-order valence-corrected chi connectivity index (χ2v) is 5.58. The molecule has 1 fully saturated rings. The van der Waals surface area contributed by atoms with Crippen LogP contribution in [0.2, 0.25) is 0 Å². The molecular weight excluding hydrogens is 296 g/mol. The van der Waals surface area contributed by atoms with E-state index in [0.717, 1.165) is 12.8 Å². The van der Waals surface area contributed by atoms with Crippen LogP contribution in [0, 0.1) is 0 Å². The molecule has 120 valence electrons. The lowest BCUT2D eigenvalue weighted by atomic mass is 10.1. The minimum absolute atomic E-state index is 0.285. The maximum Gasteiger partial charge on any atom is 0.254 e. The topological polar surface area (TPSA) is 59.1 Å². The van der Waals surface area contributed by atoms with Crippen molar-refractivity contribution in [1.29, 1.82) is 0 Å². The van der Waals surface area contributed by atoms with Crippen molar-refractivity contribution in [3.63, 3.8) is 0 Å². The second-order valence-electron chi connectivity index (χ2n) is 5.21. The Bertz CT molecular complexity index is 370. The standard InChI is InChI=1S/C14H23ClN2O4/c1-16(2)13(18)11-12(14(19)17(3)4)21-10(20-11)8-6-5-7-9-15/h6,8,10-12H,5,7,9H2,1-4H3/b8-6+/t11-,12-/m1/s1. The Kier molecular flexibility index (Phi) is 7.14. The molecule has 0 unspecified atom stereocenters. The van der Waals surface area contributed by atoms with E-state index in [1.54, 1.807) is 34.3 Å². The minimum atomic E-state index is -0.919. The number of likely N-dealkylation sites (N-methyl/N-ethyl adjacent to an activating group) is 2. The van der Waals surface area contributed by atoms with Crippen LogP contribution in [-0.4, -0.2) is 74.2 Å². The first kappa shape index (κ1) is 17.9. The molecule has 2 atom stereocenters. The lowest BCUT2D eigenvalue weighted by molar-refractivity contribution is -0.146. The van der Waals surface area contributed by atoms with E-state index in [1.807, 2.05) is 6.08 Å². The number of carbonyl (C=O) groups is 2. The monoisotopic (exact) mass is 318 g/mol. The van der Waals surface area contributed by atoms with Crippen LogP contribution < -0.4 is 0 Å². The largest absolute Gasteiger partial charge is 0.346 e. The molecule has 21 heavy (non-hydrogen) atoms. The number of hydrogen-bond donors (Lipinski definition) is 0. The number of unbranched alkanes of at least 4 members (excludes halogenated alkanes) is 1. The number of allylic oxidation sites excluding steroid dienone is 1. The predicted octanol–water partition coefficient (Wildman–Crippen LogP) is 0.848. The van der Waals surface area contributed by atoms with Gasteiger partial charge in [-0.2, -0.15) is 0 Å². The first-order valence-corrected chi connectivity index (χ1v) is 7.37. The van der Waals surface area contributed by atoms with E-state index in [1.165, 1.54) is 9.80 Å². The zero-order valence-corrected chi connectivity index (χ0v) is 13.7. The number of amides is 2. The molecule has 0 aliphatic carbocycles. The number of ether oxygens (including phenoxy) is 2. The van der Waals surface area contributed by atoms with Crippen molar-refractivity contribution in [2.24, 2.45) is 0 Å². The summed E-state index contributed by atoms with van der Waals surface area (Å²) < 4.78 is 11.1. The molecule has 1 rings (SSSR count). The molecule has 0 saturated carbocycles. The van der Waals surface area contributed by atoms with Crippen molar-refractivity contribution in [3.8, 4) is 0 Å². The SMILES string of the molecule is CN(C)C(=O)[C@@H]1OC(/C=C/CCCCl)O[C@H]1C(=O)N(C)C. The van der Waals surface area contributed by atoms with Gasteiger partial charge in [0.1, 0.15) is 0 Å². The molecule has 1 saturated heterocycles. The maximum absolute atomic E-state index is 12.1. The van der Waals surface area contributed by atoms with Gasteiger partial charge in [-0.25, -0.2) is 0 Å². The van der Waals surface area contributed by atoms with E-state index >= 15 is 0 Å². The average molecular weight is 319 g/mol. The van der Waals surface area contributed by atoms with Crippen LogP contribution in [0.15, 0.2) is 12.2 Å².